The van der Waals surface area contributed by atoms with E-state index in [0.29, 0.717) is 16.6 Å². The van der Waals surface area contributed by atoms with Gasteiger partial charge in [0.25, 0.3) is 0 Å². The van der Waals surface area contributed by atoms with E-state index in [4.69, 9.17) is 22.5 Å². The molecule has 4 nitrogen and oxygen atoms in total. The first-order valence-corrected chi connectivity index (χ1v) is 7.49. The van der Waals surface area contributed by atoms with Gasteiger partial charge in [-0.3, -0.25) is 0 Å². The second-order valence-corrected chi connectivity index (χ2v) is 5.91. The largest absolute Gasteiger partial charge is 0.409 e. The molecule has 1 atom stereocenters. The number of nitrogens with zero attached hydrogens (tertiary/aromatic N) is 1. The number of nitrogens with two attached hydrogens (primary N) is 1. The van der Waals surface area contributed by atoms with Crippen LogP contribution < -0.4 is 11.1 Å². The molecule has 1 aliphatic carbocycles. The van der Waals surface area contributed by atoms with Gasteiger partial charge in [-0.15, -0.1) is 0 Å². The Bertz CT molecular complexity index is 484. The van der Waals surface area contributed by atoms with Crippen LogP contribution in [-0.2, 0) is 6.54 Å². The van der Waals surface area contributed by atoms with Gasteiger partial charge < -0.3 is 16.3 Å². The minimum absolute atomic E-state index is 0.0748. The highest BCUT2D eigenvalue weighted by molar-refractivity contribution is 6.31. The average molecular weight is 296 g/mol. The molecule has 1 saturated carbocycles. The summed E-state index contributed by atoms with van der Waals surface area (Å²) in [5.41, 5.74) is 7.21. The van der Waals surface area contributed by atoms with Crippen molar-refractivity contribution in [3.63, 3.8) is 0 Å². The number of nitrogens with one attached hydrogen (secondary N) is 1. The number of benzene rings is 1. The van der Waals surface area contributed by atoms with E-state index in [1.807, 2.05) is 12.1 Å². The quantitative estimate of drug-likeness (QED) is 0.338. The summed E-state index contributed by atoms with van der Waals surface area (Å²) >= 11 is 6.24. The van der Waals surface area contributed by atoms with Gasteiger partial charge in [0.15, 0.2) is 5.84 Å². The number of hydrogen-bond acceptors (Lipinski definition) is 3. The molecule has 0 heterocycles. The lowest BCUT2D eigenvalue weighted by molar-refractivity contribution is 0.318. The third kappa shape index (κ3) is 3.64. The Morgan fingerprint density at radius 2 is 2.20 bits per heavy atom. The third-order valence-corrected chi connectivity index (χ3v) is 4.53. The van der Waals surface area contributed by atoms with Gasteiger partial charge in [-0.2, -0.15) is 0 Å². The number of oxime groups is 1. The maximum Gasteiger partial charge on any atom is 0.170 e. The topological polar surface area (TPSA) is 70.6 Å². The van der Waals surface area contributed by atoms with Crippen molar-refractivity contribution >= 4 is 17.4 Å². The first kappa shape index (κ1) is 15.1. The SMILES string of the molecule is C[C@H](NCc1ccc(/C(N)=N/O)cc1Cl)C1CCCC1. The van der Waals surface area contributed by atoms with Crippen molar-refractivity contribution in [2.45, 2.75) is 45.2 Å². The van der Waals surface area contributed by atoms with Crippen molar-refractivity contribution in [2.24, 2.45) is 16.8 Å². The van der Waals surface area contributed by atoms with Crippen molar-refractivity contribution in [1.29, 1.82) is 0 Å². The summed E-state index contributed by atoms with van der Waals surface area (Å²) < 4.78 is 0. The van der Waals surface area contributed by atoms with E-state index >= 15 is 0 Å². The molecule has 110 valence electrons. The fourth-order valence-electron chi connectivity index (χ4n) is 2.80. The second kappa shape index (κ2) is 6.95. The molecule has 0 radical (unpaired) electrons. The van der Waals surface area contributed by atoms with Gasteiger partial charge in [0.05, 0.1) is 0 Å². The Balaban J connectivity index is 1.96. The average Bonchev–Trinajstić information content (AvgIpc) is 2.99. The highest BCUT2D eigenvalue weighted by Crippen LogP contribution is 2.28. The van der Waals surface area contributed by atoms with Crippen LogP contribution in [-0.4, -0.2) is 17.1 Å². The standard InChI is InChI=1S/C15H22ClN3O/c1-10(11-4-2-3-5-11)18-9-13-7-6-12(8-14(13)16)15(17)19-20/h6-8,10-11,18,20H,2-5,9H2,1H3,(H2,17,19)/t10-/m0/s1. The summed E-state index contributed by atoms with van der Waals surface area (Å²) in [6, 6.07) is 5.98. The van der Waals surface area contributed by atoms with Crippen LogP contribution in [0.3, 0.4) is 0 Å². The predicted molar refractivity (Wildman–Crippen MR) is 82.2 cm³/mol. The minimum atomic E-state index is 0.0748. The molecule has 20 heavy (non-hydrogen) atoms. The van der Waals surface area contributed by atoms with E-state index in [2.05, 4.69) is 17.4 Å². The van der Waals surface area contributed by atoms with Gasteiger partial charge in [0.1, 0.15) is 0 Å². The van der Waals surface area contributed by atoms with E-state index in [1.165, 1.54) is 25.7 Å². The van der Waals surface area contributed by atoms with Crippen molar-refractivity contribution in [3.05, 3.63) is 34.3 Å². The van der Waals surface area contributed by atoms with Gasteiger partial charge >= 0.3 is 0 Å². The molecule has 0 aliphatic heterocycles. The summed E-state index contributed by atoms with van der Waals surface area (Å²) in [6.07, 6.45) is 5.35. The lowest BCUT2D eigenvalue weighted by Crippen LogP contribution is -2.31. The lowest BCUT2D eigenvalue weighted by atomic mass is 9.99. The van der Waals surface area contributed by atoms with Gasteiger partial charge in [0.2, 0.25) is 0 Å². The smallest absolute Gasteiger partial charge is 0.170 e. The van der Waals surface area contributed by atoms with Crippen molar-refractivity contribution < 1.29 is 5.21 Å². The minimum Gasteiger partial charge on any atom is -0.409 e. The van der Waals surface area contributed by atoms with Crippen molar-refractivity contribution in [2.75, 3.05) is 0 Å². The molecular formula is C15H22ClN3O. The Kier molecular flexibility index (Phi) is 5.26. The van der Waals surface area contributed by atoms with Gasteiger partial charge in [-0.25, -0.2) is 0 Å². The number of halogens is 1. The van der Waals surface area contributed by atoms with Crippen molar-refractivity contribution in [1.82, 2.24) is 5.32 Å². The van der Waals surface area contributed by atoms with E-state index in [9.17, 15) is 0 Å². The third-order valence-electron chi connectivity index (χ3n) is 4.18. The summed E-state index contributed by atoms with van der Waals surface area (Å²) in [7, 11) is 0. The van der Waals surface area contributed by atoms with Crippen LogP contribution >= 0.6 is 11.6 Å². The molecule has 4 N–H and O–H groups in total. The van der Waals surface area contributed by atoms with Gasteiger partial charge in [0, 0.05) is 23.2 Å². The van der Waals surface area contributed by atoms with Crippen LogP contribution in [0.4, 0.5) is 0 Å². The zero-order chi connectivity index (χ0) is 14.5. The Morgan fingerprint density at radius 1 is 1.50 bits per heavy atom. The number of rotatable bonds is 5. The fraction of sp³-hybridized carbons (Fsp3) is 0.533. The Labute approximate surface area is 125 Å². The van der Waals surface area contributed by atoms with Crippen LogP contribution in [0.2, 0.25) is 5.02 Å². The van der Waals surface area contributed by atoms with Crippen LogP contribution in [0, 0.1) is 5.92 Å². The van der Waals surface area contributed by atoms with Crippen LogP contribution in [0.1, 0.15) is 43.7 Å². The summed E-state index contributed by atoms with van der Waals surface area (Å²) in [6.45, 7) is 2.99. The number of amidine groups is 1. The molecule has 0 saturated heterocycles. The van der Waals surface area contributed by atoms with Gasteiger partial charge in [-0.05, 0) is 37.3 Å². The highest BCUT2D eigenvalue weighted by atomic mass is 35.5. The highest BCUT2D eigenvalue weighted by Gasteiger charge is 2.21. The first-order valence-electron chi connectivity index (χ1n) is 7.11. The predicted octanol–water partition coefficient (Wildman–Crippen LogP) is 3.10. The van der Waals surface area contributed by atoms with Crippen molar-refractivity contribution in [3.8, 4) is 0 Å². The molecular weight excluding hydrogens is 274 g/mol. The summed E-state index contributed by atoms with van der Waals surface area (Å²) in [5.74, 6) is 0.857. The monoisotopic (exact) mass is 295 g/mol. The fourth-order valence-corrected chi connectivity index (χ4v) is 3.05. The molecule has 1 aromatic carbocycles. The molecule has 1 aliphatic rings. The zero-order valence-corrected chi connectivity index (χ0v) is 12.5. The van der Waals surface area contributed by atoms with Crippen LogP contribution in [0.25, 0.3) is 0 Å². The van der Waals surface area contributed by atoms with Gasteiger partial charge in [-0.1, -0.05) is 41.7 Å². The molecule has 0 spiro atoms. The van der Waals surface area contributed by atoms with E-state index in [1.54, 1.807) is 6.07 Å². The Hall–Kier alpha value is -1.26. The Morgan fingerprint density at radius 3 is 2.80 bits per heavy atom. The molecule has 0 unspecified atom stereocenters. The molecule has 0 amide bonds. The molecule has 1 fully saturated rings. The van der Waals surface area contributed by atoms with E-state index in [-0.39, 0.29) is 5.84 Å². The van der Waals surface area contributed by atoms with Crippen LogP contribution in [0.15, 0.2) is 23.4 Å². The first-order chi connectivity index (χ1) is 9.61. The molecule has 1 aromatic rings. The molecule has 0 aromatic heterocycles. The summed E-state index contributed by atoms with van der Waals surface area (Å²) in [5, 5.41) is 15.8. The normalized spacial score (nSPS) is 18.4. The van der Waals surface area contributed by atoms with E-state index < -0.39 is 0 Å². The zero-order valence-electron chi connectivity index (χ0n) is 11.8. The molecule has 0 bridgehead atoms. The molecule has 5 heteroatoms. The number of hydrogen-bond donors (Lipinski definition) is 3. The summed E-state index contributed by atoms with van der Waals surface area (Å²) in [4.78, 5) is 0. The van der Waals surface area contributed by atoms with Crippen LogP contribution in [0.5, 0.6) is 0 Å². The molecule has 2 rings (SSSR count). The maximum absolute atomic E-state index is 8.65. The van der Waals surface area contributed by atoms with E-state index in [0.717, 1.165) is 18.0 Å². The lowest BCUT2D eigenvalue weighted by Gasteiger charge is -2.20. The second-order valence-electron chi connectivity index (χ2n) is 5.51. The maximum atomic E-state index is 8.65.